The number of carbonyl (C=O) groups excluding carboxylic acids is 1. The predicted octanol–water partition coefficient (Wildman–Crippen LogP) is 0.302. The number of carboxylic acids is 1. The molecular formula is C11H14N2O5S. The maximum atomic E-state index is 11.6. The molecule has 1 atom stereocenters. The molecule has 1 rings (SSSR count). The number of hydrogen-bond acceptors (Lipinski definition) is 4. The lowest BCUT2D eigenvalue weighted by molar-refractivity contribution is -0.144. The summed E-state index contributed by atoms with van der Waals surface area (Å²) in [5.74, 6) is -3.24. The van der Waals surface area contributed by atoms with Gasteiger partial charge in [-0.05, 0) is 31.5 Å². The number of carbonyl (C=O) groups is 2. The summed E-state index contributed by atoms with van der Waals surface area (Å²) < 4.78 is 22.4. The number of carboxylic acid groups (broad SMARTS) is 1. The topological polar surface area (TPSA) is 127 Å². The number of sulfonamides is 1. The van der Waals surface area contributed by atoms with Crippen molar-refractivity contribution in [1.29, 1.82) is 0 Å². The van der Waals surface area contributed by atoms with Gasteiger partial charge in [-0.15, -0.1) is 0 Å². The molecule has 0 saturated carbocycles. The summed E-state index contributed by atoms with van der Waals surface area (Å²) in [6.07, 6.45) is 0. The van der Waals surface area contributed by atoms with Gasteiger partial charge in [0.15, 0.2) is 0 Å². The van der Waals surface area contributed by atoms with Gasteiger partial charge in [-0.25, -0.2) is 13.6 Å². The minimum Gasteiger partial charge on any atom is -0.481 e. The first-order valence-corrected chi connectivity index (χ1v) is 6.84. The molecule has 0 aliphatic carbocycles. The fraction of sp³-hybridized carbons (Fsp3) is 0.273. The van der Waals surface area contributed by atoms with E-state index in [1.54, 1.807) is 6.92 Å². The number of aliphatic carboxylic acids is 1. The van der Waals surface area contributed by atoms with Crippen LogP contribution in [-0.2, 0) is 19.6 Å². The van der Waals surface area contributed by atoms with Crippen molar-refractivity contribution in [2.75, 3.05) is 5.32 Å². The summed E-state index contributed by atoms with van der Waals surface area (Å²) in [6.45, 7) is 2.88. The summed E-state index contributed by atoms with van der Waals surface area (Å²) in [6, 6.07) is 3.97. The Hall–Kier alpha value is -1.93. The average molecular weight is 286 g/mol. The van der Waals surface area contributed by atoms with Gasteiger partial charge in [0.25, 0.3) is 0 Å². The number of benzene rings is 1. The molecule has 0 fully saturated rings. The van der Waals surface area contributed by atoms with Crippen molar-refractivity contribution in [1.82, 2.24) is 0 Å². The Morgan fingerprint density at radius 2 is 1.95 bits per heavy atom. The van der Waals surface area contributed by atoms with Gasteiger partial charge in [0, 0.05) is 5.69 Å². The van der Waals surface area contributed by atoms with Crippen molar-refractivity contribution in [3.05, 3.63) is 23.8 Å². The van der Waals surface area contributed by atoms with E-state index in [1.807, 2.05) is 0 Å². The van der Waals surface area contributed by atoms with Crippen LogP contribution in [0.25, 0.3) is 0 Å². The second-order valence-corrected chi connectivity index (χ2v) is 5.63. The first kappa shape index (κ1) is 15.1. The normalized spacial score (nSPS) is 12.8. The largest absolute Gasteiger partial charge is 0.481 e. The fourth-order valence-corrected chi connectivity index (χ4v) is 1.81. The van der Waals surface area contributed by atoms with Crippen molar-refractivity contribution in [2.24, 2.45) is 11.1 Å². The van der Waals surface area contributed by atoms with Crippen LogP contribution in [0.4, 0.5) is 5.69 Å². The van der Waals surface area contributed by atoms with Gasteiger partial charge in [0.05, 0.1) is 4.90 Å². The van der Waals surface area contributed by atoms with Gasteiger partial charge in [0.2, 0.25) is 15.9 Å². The lowest BCUT2D eigenvalue weighted by atomic mass is 10.1. The predicted molar refractivity (Wildman–Crippen MR) is 68.0 cm³/mol. The molecule has 0 bridgehead atoms. The summed E-state index contributed by atoms with van der Waals surface area (Å²) in [5.41, 5.74) is 0.808. The van der Waals surface area contributed by atoms with Crippen LogP contribution >= 0.6 is 0 Å². The van der Waals surface area contributed by atoms with Crippen LogP contribution in [0.15, 0.2) is 23.1 Å². The zero-order valence-corrected chi connectivity index (χ0v) is 11.2. The van der Waals surface area contributed by atoms with E-state index in [0.29, 0.717) is 5.56 Å². The van der Waals surface area contributed by atoms with E-state index in [-0.39, 0.29) is 10.6 Å². The number of rotatable bonds is 4. The zero-order valence-electron chi connectivity index (χ0n) is 10.4. The summed E-state index contributed by atoms with van der Waals surface area (Å²) >= 11 is 0. The Bertz CT molecular complexity index is 624. The van der Waals surface area contributed by atoms with Crippen molar-refractivity contribution in [3.8, 4) is 0 Å². The third kappa shape index (κ3) is 3.76. The summed E-state index contributed by atoms with van der Waals surface area (Å²) in [4.78, 5) is 22.1. The Kier molecular flexibility index (Phi) is 4.28. The average Bonchev–Trinajstić information content (AvgIpc) is 2.29. The summed E-state index contributed by atoms with van der Waals surface area (Å²) in [7, 11) is -3.88. The number of anilines is 1. The van der Waals surface area contributed by atoms with Gasteiger partial charge in [0.1, 0.15) is 5.92 Å². The van der Waals surface area contributed by atoms with Crippen LogP contribution in [0.5, 0.6) is 0 Å². The van der Waals surface area contributed by atoms with E-state index in [1.165, 1.54) is 25.1 Å². The number of primary sulfonamides is 1. The SMILES string of the molecule is Cc1ccc(S(N)(=O)=O)cc1NC(=O)C(C)C(=O)O. The monoisotopic (exact) mass is 286 g/mol. The molecule has 1 aromatic carbocycles. The van der Waals surface area contributed by atoms with Gasteiger partial charge >= 0.3 is 5.97 Å². The second-order valence-electron chi connectivity index (χ2n) is 4.07. The van der Waals surface area contributed by atoms with E-state index in [9.17, 15) is 18.0 Å². The highest BCUT2D eigenvalue weighted by atomic mass is 32.2. The molecule has 7 nitrogen and oxygen atoms in total. The van der Waals surface area contributed by atoms with E-state index >= 15 is 0 Å². The Balaban J connectivity index is 3.08. The van der Waals surface area contributed by atoms with Crippen molar-refractivity contribution < 1.29 is 23.1 Å². The molecule has 1 amide bonds. The first-order chi connectivity index (χ1) is 8.62. The Morgan fingerprint density at radius 1 is 1.37 bits per heavy atom. The number of amides is 1. The van der Waals surface area contributed by atoms with Crippen molar-refractivity contribution in [2.45, 2.75) is 18.7 Å². The molecule has 104 valence electrons. The fourth-order valence-electron chi connectivity index (χ4n) is 1.27. The number of aryl methyl sites for hydroxylation is 1. The molecule has 1 aromatic rings. The highest BCUT2D eigenvalue weighted by Crippen LogP contribution is 2.20. The van der Waals surface area contributed by atoms with Gasteiger partial charge in [-0.2, -0.15) is 0 Å². The molecule has 19 heavy (non-hydrogen) atoms. The van der Waals surface area contributed by atoms with E-state index in [2.05, 4.69) is 5.32 Å². The lowest BCUT2D eigenvalue weighted by Gasteiger charge is -2.11. The zero-order chi connectivity index (χ0) is 14.8. The molecule has 1 unspecified atom stereocenters. The third-order valence-corrected chi connectivity index (χ3v) is 3.47. The lowest BCUT2D eigenvalue weighted by Crippen LogP contribution is -2.27. The molecule has 0 aliphatic rings. The molecule has 0 radical (unpaired) electrons. The molecule has 0 aromatic heterocycles. The molecule has 0 aliphatic heterocycles. The standard InChI is InChI=1S/C11H14N2O5S/c1-6-3-4-8(19(12,17)18)5-9(6)13-10(14)7(2)11(15)16/h3-5,7H,1-2H3,(H,13,14)(H,15,16)(H2,12,17,18). The van der Waals surface area contributed by atoms with Gasteiger partial charge in [-0.1, -0.05) is 6.07 Å². The van der Waals surface area contributed by atoms with E-state index < -0.39 is 27.8 Å². The summed E-state index contributed by atoms with van der Waals surface area (Å²) in [5, 5.41) is 16.1. The Morgan fingerprint density at radius 3 is 2.42 bits per heavy atom. The molecule has 0 heterocycles. The Labute approximate surface area is 110 Å². The molecule has 0 saturated heterocycles. The minimum atomic E-state index is -3.88. The van der Waals surface area contributed by atoms with Crippen LogP contribution in [0.3, 0.4) is 0 Å². The molecule has 8 heteroatoms. The smallest absolute Gasteiger partial charge is 0.315 e. The number of nitrogens with two attached hydrogens (primary N) is 1. The van der Waals surface area contributed by atoms with E-state index in [0.717, 1.165) is 0 Å². The van der Waals surface area contributed by atoms with Gasteiger partial charge in [-0.3, -0.25) is 9.59 Å². The van der Waals surface area contributed by atoms with Crippen molar-refractivity contribution in [3.63, 3.8) is 0 Å². The molecular weight excluding hydrogens is 272 g/mol. The quantitative estimate of drug-likeness (QED) is 0.686. The molecule has 4 N–H and O–H groups in total. The minimum absolute atomic E-state index is 0.156. The maximum absolute atomic E-state index is 11.6. The van der Waals surface area contributed by atoms with E-state index in [4.69, 9.17) is 10.2 Å². The molecule has 0 spiro atoms. The van der Waals surface area contributed by atoms with Crippen LogP contribution in [-0.4, -0.2) is 25.4 Å². The van der Waals surface area contributed by atoms with Crippen LogP contribution in [0, 0.1) is 12.8 Å². The second kappa shape index (κ2) is 5.37. The highest BCUT2D eigenvalue weighted by Gasteiger charge is 2.21. The van der Waals surface area contributed by atoms with Crippen molar-refractivity contribution >= 4 is 27.6 Å². The van der Waals surface area contributed by atoms with Crippen LogP contribution in [0.1, 0.15) is 12.5 Å². The number of hydrogen-bond donors (Lipinski definition) is 3. The highest BCUT2D eigenvalue weighted by molar-refractivity contribution is 7.89. The van der Waals surface area contributed by atoms with Crippen LogP contribution in [0.2, 0.25) is 0 Å². The van der Waals surface area contributed by atoms with Gasteiger partial charge < -0.3 is 10.4 Å². The third-order valence-electron chi connectivity index (χ3n) is 2.56. The number of nitrogens with one attached hydrogen (secondary N) is 1. The maximum Gasteiger partial charge on any atom is 0.315 e. The van der Waals surface area contributed by atoms with Crippen LogP contribution < -0.4 is 10.5 Å². The first-order valence-electron chi connectivity index (χ1n) is 5.30.